The molecular weight excluding hydrogens is 354 g/mol. The summed E-state index contributed by atoms with van der Waals surface area (Å²) >= 11 is 0. The Kier molecular flexibility index (Phi) is 6.34. The van der Waals surface area contributed by atoms with Crippen molar-refractivity contribution in [1.29, 1.82) is 5.26 Å². The van der Waals surface area contributed by atoms with Crippen LogP contribution >= 0.6 is 0 Å². The summed E-state index contributed by atoms with van der Waals surface area (Å²) in [7, 11) is 0. The molecule has 0 aliphatic carbocycles. The number of rotatable bonds is 8. The van der Waals surface area contributed by atoms with Crippen molar-refractivity contribution in [2.24, 2.45) is 0 Å². The van der Waals surface area contributed by atoms with Crippen molar-refractivity contribution in [3.63, 3.8) is 0 Å². The first-order valence-corrected chi connectivity index (χ1v) is 8.79. The normalized spacial score (nSPS) is 11.4. The van der Waals surface area contributed by atoms with Gasteiger partial charge < -0.3 is 10.1 Å². The van der Waals surface area contributed by atoms with E-state index < -0.39 is 4.92 Å². The number of nitro groups is 1. The molecule has 0 spiro atoms. The second kappa shape index (κ2) is 9.31. The molecule has 0 heterocycles. The molecule has 140 valence electrons. The third-order valence-corrected chi connectivity index (χ3v) is 4.25. The predicted molar refractivity (Wildman–Crippen MR) is 107 cm³/mol. The molecule has 0 aliphatic rings. The summed E-state index contributed by atoms with van der Waals surface area (Å²) in [6, 6.07) is 25.5. The van der Waals surface area contributed by atoms with Gasteiger partial charge in [0.2, 0.25) is 0 Å². The molecule has 3 aromatic rings. The zero-order chi connectivity index (χ0) is 19.8. The maximum absolute atomic E-state index is 11.4. The first kappa shape index (κ1) is 19.1. The van der Waals surface area contributed by atoms with Gasteiger partial charge in [0.15, 0.2) is 0 Å². The number of anilines is 1. The van der Waals surface area contributed by atoms with E-state index in [0.29, 0.717) is 18.9 Å². The number of ether oxygens (including phenoxy) is 1. The fourth-order valence-corrected chi connectivity index (χ4v) is 2.84. The lowest BCUT2D eigenvalue weighted by atomic mass is 10.1. The van der Waals surface area contributed by atoms with Gasteiger partial charge in [-0.25, -0.2) is 0 Å². The van der Waals surface area contributed by atoms with E-state index >= 15 is 0 Å². The highest BCUT2D eigenvalue weighted by atomic mass is 16.6. The lowest BCUT2D eigenvalue weighted by molar-refractivity contribution is -0.384. The van der Waals surface area contributed by atoms with Crippen molar-refractivity contribution in [2.75, 3.05) is 11.9 Å². The van der Waals surface area contributed by atoms with Gasteiger partial charge in [-0.05, 0) is 23.3 Å². The van der Waals surface area contributed by atoms with E-state index in [4.69, 9.17) is 10.00 Å². The number of hydrogen-bond donors (Lipinski definition) is 1. The second-order valence-corrected chi connectivity index (χ2v) is 6.21. The van der Waals surface area contributed by atoms with Crippen LogP contribution in [0.25, 0.3) is 0 Å². The van der Waals surface area contributed by atoms with Crippen molar-refractivity contribution in [1.82, 2.24) is 0 Å². The lowest BCUT2D eigenvalue weighted by Crippen LogP contribution is -2.18. The Hall–Kier alpha value is -3.69. The average Bonchev–Trinajstić information content (AvgIpc) is 2.74. The van der Waals surface area contributed by atoms with Crippen LogP contribution in [0.15, 0.2) is 78.9 Å². The van der Waals surface area contributed by atoms with Crippen molar-refractivity contribution in [3.8, 4) is 6.07 Å². The molecule has 0 amide bonds. The van der Waals surface area contributed by atoms with Crippen LogP contribution in [0.5, 0.6) is 0 Å². The van der Waals surface area contributed by atoms with E-state index in [1.165, 1.54) is 6.07 Å². The highest BCUT2D eigenvalue weighted by molar-refractivity contribution is 5.64. The van der Waals surface area contributed by atoms with Crippen LogP contribution < -0.4 is 5.32 Å². The molecule has 28 heavy (non-hydrogen) atoms. The molecular formula is C22H19N3O3. The largest absolute Gasteiger partial charge is 0.374 e. The fraction of sp³-hybridized carbons (Fsp3) is 0.136. The van der Waals surface area contributed by atoms with Crippen molar-refractivity contribution >= 4 is 11.4 Å². The Balaban J connectivity index is 1.80. The van der Waals surface area contributed by atoms with Gasteiger partial charge in [-0.15, -0.1) is 0 Å². The van der Waals surface area contributed by atoms with Gasteiger partial charge >= 0.3 is 0 Å². The third-order valence-electron chi connectivity index (χ3n) is 4.25. The topological polar surface area (TPSA) is 88.2 Å². The number of nitriles is 1. The summed E-state index contributed by atoms with van der Waals surface area (Å²) in [5.74, 6) is 0. The third kappa shape index (κ3) is 4.93. The van der Waals surface area contributed by atoms with E-state index in [9.17, 15) is 10.1 Å². The summed E-state index contributed by atoms with van der Waals surface area (Å²) in [6.45, 7) is 0.775. The minimum atomic E-state index is -0.490. The minimum Gasteiger partial charge on any atom is -0.374 e. The Morgan fingerprint density at radius 2 is 1.71 bits per heavy atom. The van der Waals surface area contributed by atoms with Crippen LogP contribution in [0.3, 0.4) is 0 Å². The van der Waals surface area contributed by atoms with Crippen LogP contribution in [-0.4, -0.2) is 11.5 Å². The van der Waals surface area contributed by atoms with E-state index in [1.807, 2.05) is 66.7 Å². The van der Waals surface area contributed by atoms with Crippen molar-refractivity contribution < 1.29 is 9.66 Å². The Bertz CT molecular complexity index is 969. The molecule has 3 rings (SSSR count). The molecule has 6 heteroatoms. The summed E-state index contributed by atoms with van der Waals surface area (Å²) in [5, 5.41) is 23.6. The van der Waals surface area contributed by atoms with Crippen molar-refractivity contribution in [2.45, 2.75) is 12.6 Å². The molecule has 0 fully saturated rings. The maximum Gasteiger partial charge on any atom is 0.293 e. The van der Waals surface area contributed by atoms with Crippen LogP contribution in [0.2, 0.25) is 0 Å². The highest BCUT2D eigenvalue weighted by Crippen LogP contribution is 2.29. The van der Waals surface area contributed by atoms with Crippen LogP contribution in [0.4, 0.5) is 11.4 Å². The van der Waals surface area contributed by atoms with Gasteiger partial charge in [-0.1, -0.05) is 60.7 Å². The SMILES string of the molecule is N#Cc1ccc(N[C@@H](COCc2ccccc2)c2ccccc2)c([N+](=O)[O-])c1. The van der Waals surface area contributed by atoms with Gasteiger partial charge in [0.05, 0.1) is 35.8 Å². The fourth-order valence-electron chi connectivity index (χ4n) is 2.84. The minimum absolute atomic E-state index is 0.136. The molecule has 0 aliphatic heterocycles. The Morgan fingerprint density at radius 1 is 1.04 bits per heavy atom. The highest BCUT2D eigenvalue weighted by Gasteiger charge is 2.19. The van der Waals surface area contributed by atoms with Gasteiger partial charge in [0.25, 0.3) is 5.69 Å². The number of hydrogen-bond acceptors (Lipinski definition) is 5. The first-order valence-electron chi connectivity index (χ1n) is 8.79. The van der Waals surface area contributed by atoms with Gasteiger partial charge in [0, 0.05) is 6.07 Å². The number of nitrogens with one attached hydrogen (secondary N) is 1. The Morgan fingerprint density at radius 3 is 2.36 bits per heavy atom. The standard InChI is InChI=1S/C22H19N3O3/c23-14-18-11-12-20(22(13-18)25(26)27)24-21(19-9-5-2-6-10-19)16-28-15-17-7-3-1-4-8-17/h1-13,21,24H,15-16H2/t21-/m0/s1. The molecule has 3 aromatic carbocycles. The molecule has 0 saturated carbocycles. The monoisotopic (exact) mass is 373 g/mol. The van der Waals surface area contributed by atoms with Gasteiger partial charge in [-0.2, -0.15) is 5.26 Å². The molecule has 1 atom stereocenters. The zero-order valence-corrected chi connectivity index (χ0v) is 15.1. The van der Waals surface area contributed by atoms with Crippen molar-refractivity contribution in [3.05, 3.63) is 106 Å². The van der Waals surface area contributed by atoms with Crippen LogP contribution in [-0.2, 0) is 11.3 Å². The maximum atomic E-state index is 11.4. The number of benzene rings is 3. The molecule has 6 nitrogen and oxygen atoms in total. The molecule has 1 N–H and O–H groups in total. The molecule has 0 aromatic heterocycles. The molecule has 0 radical (unpaired) electrons. The summed E-state index contributed by atoms with van der Waals surface area (Å²) in [5.41, 5.74) is 2.46. The summed E-state index contributed by atoms with van der Waals surface area (Å²) < 4.78 is 5.87. The van der Waals surface area contributed by atoms with Gasteiger partial charge in [-0.3, -0.25) is 10.1 Å². The summed E-state index contributed by atoms with van der Waals surface area (Å²) in [4.78, 5) is 10.9. The van der Waals surface area contributed by atoms with E-state index in [1.54, 1.807) is 12.1 Å². The van der Waals surface area contributed by atoms with Gasteiger partial charge in [0.1, 0.15) is 5.69 Å². The quantitative estimate of drug-likeness (QED) is 0.451. The summed E-state index contributed by atoms with van der Waals surface area (Å²) in [6.07, 6.45) is 0. The lowest BCUT2D eigenvalue weighted by Gasteiger charge is -2.20. The predicted octanol–water partition coefficient (Wildman–Crippen LogP) is 4.84. The van der Waals surface area contributed by atoms with Crippen LogP contribution in [0.1, 0.15) is 22.7 Å². The van der Waals surface area contributed by atoms with E-state index in [-0.39, 0.29) is 17.3 Å². The van der Waals surface area contributed by atoms with Crippen LogP contribution in [0, 0.1) is 21.4 Å². The molecule has 0 saturated heterocycles. The second-order valence-electron chi connectivity index (χ2n) is 6.21. The zero-order valence-electron chi connectivity index (χ0n) is 15.1. The average molecular weight is 373 g/mol. The number of nitrogens with zero attached hydrogens (tertiary/aromatic N) is 2. The first-order chi connectivity index (χ1) is 13.7. The number of nitro benzene ring substituents is 1. The Labute approximate surface area is 163 Å². The van der Waals surface area contributed by atoms with E-state index in [0.717, 1.165) is 11.1 Å². The molecule has 0 bridgehead atoms. The smallest absolute Gasteiger partial charge is 0.293 e. The molecule has 0 unspecified atom stereocenters. The van der Waals surface area contributed by atoms with E-state index in [2.05, 4.69) is 5.32 Å².